The fourth-order valence-corrected chi connectivity index (χ4v) is 7.05. The number of nitrogens with two attached hydrogens (primary N) is 1. The SMILES string of the molecule is Nc1ccc(COC(=O)Oc2c3n(ccc2=O)N([C@@H]2c4ccccc4SCc4c2ccc(F)c4F)[C@@H]2COCCN2C3=O)cc1. The first-order chi connectivity index (χ1) is 21.8. The molecule has 3 aliphatic rings. The van der Waals surface area contributed by atoms with Gasteiger partial charge in [-0.05, 0) is 41.0 Å². The lowest BCUT2D eigenvalue weighted by atomic mass is 9.93. The van der Waals surface area contributed by atoms with Crippen LogP contribution in [-0.4, -0.2) is 47.6 Å². The summed E-state index contributed by atoms with van der Waals surface area (Å²) in [7, 11) is 0. The third kappa shape index (κ3) is 5.07. The smallest absolute Gasteiger partial charge is 0.429 e. The van der Waals surface area contributed by atoms with Crippen molar-refractivity contribution in [3.8, 4) is 5.75 Å². The van der Waals surface area contributed by atoms with E-state index in [2.05, 4.69) is 0 Å². The molecule has 7 rings (SSSR count). The number of halogens is 2. The van der Waals surface area contributed by atoms with Crippen LogP contribution >= 0.6 is 11.8 Å². The van der Waals surface area contributed by atoms with Crippen LogP contribution in [0.15, 0.2) is 82.6 Å². The minimum absolute atomic E-state index is 0.0992. The Hall–Kier alpha value is -4.88. The Bertz CT molecular complexity index is 1880. The van der Waals surface area contributed by atoms with Gasteiger partial charge in [0, 0.05) is 40.7 Å². The highest BCUT2D eigenvalue weighted by molar-refractivity contribution is 7.98. The Morgan fingerprint density at radius 2 is 1.82 bits per heavy atom. The van der Waals surface area contributed by atoms with E-state index in [1.807, 2.05) is 24.3 Å². The van der Waals surface area contributed by atoms with Crippen molar-refractivity contribution in [1.82, 2.24) is 9.58 Å². The molecule has 13 heteroatoms. The van der Waals surface area contributed by atoms with Gasteiger partial charge >= 0.3 is 6.16 Å². The van der Waals surface area contributed by atoms with Gasteiger partial charge in [0.1, 0.15) is 12.8 Å². The van der Waals surface area contributed by atoms with Crippen LogP contribution in [0.5, 0.6) is 5.75 Å². The van der Waals surface area contributed by atoms with Crippen LogP contribution in [0, 0.1) is 11.6 Å². The third-order valence-electron chi connectivity index (χ3n) is 8.05. The second-order valence-corrected chi connectivity index (χ2v) is 11.7. The molecule has 1 amide bonds. The third-order valence-corrected chi connectivity index (χ3v) is 9.17. The number of fused-ring (bicyclic) bond motifs is 4. The number of nitrogens with zero attached hydrogens (tertiary/aromatic N) is 3. The van der Waals surface area contributed by atoms with Gasteiger partial charge in [-0.15, -0.1) is 11.8 Å². The Morgan fingerprint density at radius 1 is 1.02 bits per heavy atom. The van der Waals surface area contributed by atoms with Gasteiger partial charge in [-0.3, -0.25) is 19.3 Å². The van der Waals surface area contributed by atoms with Crippen LogP contribution in [0.4, 0.5) is 19.3 Å². The number of carbonyl (C=O) groups excluding carboxylic acids is 2. The molecule has 1 aromatic heterocycles. The summed E-state index contributed by atoms with van der Waals surface area (Å²) in [4.78, 5) is 42.4. The van der Waals surface area contributed by atoms with Crippen molar-refractivity contribution in [3.05, 3.63) is 123 Å². The summed E-state index contributed by atoms with van der Waals surface area (Å²) in [5.41, 5.74) is 7.43. The van der Waals surface area contributed by atoms with E-state index in [-0.39, 0.29) is 43.4 Å². The monoisotopic (exact) mass is 632 g/mol. The van der Waals surface area contributed by atoms with Gasteiger partial charge in [0.15, 0.2) is 17.3 Å². The van der Waals surface area contributed by atoms with Crippen molar-refractivity contribution in [1.29, 1.82) is 0 Å². The van der Waals surface area contributed by atoms with Crippen molar-refractivity contribution < 1.29 is 32.6 Å². The van der Waals surface area contributed by atoms with Crippen LogP contribution in [0.25, 0.3) is 0 Å². The Morgan fingerprint density at radius 3 is 2.64 bits per heavy atom. The van der Waals surface area contributed by atoms with E-state index in [9.17, 15) is 18.8 Å². The predicted molar refractivity (Wildman–Crippen MR) is 160 cm³/mol. The normalized spacial score (nSPS) is 18.7. The van der Waals surface area contributed by atoms with Gasteiger partial charge < -0.3 is 24.8 Å². The molecule has 0 bridgehead atoms. The fourth-order valence-electron chi connectivity index (χ4n) is 5.94. The molecule has 1 saturated heterocycles. The van der Waals surface area contributed by atoms with Crippen molar-refractivity contribution in [2.75, 3.05) is 30.5 Å². The van der Waals surface area contributed by atoms with E-state index in [4.69, 9.17) is 19.9 Å². The topological polar surface area (TPSA) is 116 Å². The fraction of sp³-hybridized carbons (Fsp3) is 0.219. The molecule has 230 valence electrons. The molecular weight excluding hydrogens is 606 g/mol. The number of thioether (sulfide) groups is 1. The summed E-state index contributed by atoms with van der Waals surface area (Å²) in [5, 5.41) is 1.79. The summed E-state index contributed by atoms with van der Waals surface area (Å²) in [6, 6.07) is 17.2. The highest BCUT2D eigenvalue weighted by Crippen LogP contribution is 2.45. The number of morpholine rings is 1. The predicted octanol–water partition coefficient (Wildman–Crippen LogP) is 4.57. The molecule has 0 aliphatic carbocycles. The van der Waals surface area contributed by atoms with Crippen LogP contribution in [-0.2, 0) is 21.8 Å². The quantitative estimate of drug-likeness (QED) is 0.255. The molecule has 0 radical (unpaired) electrons. The van der Waals surface area contributed by atoms with E-state index in [0.717, 1.165) is 16.5 Å². The van der Waals surface area contributed by atoms with Gasteiger partial charge in [0.25, 0.3) is 5.91 Å². The lowest BCUT2D eigenvalue weighted by Crippen LogP contribution is -2.66. The van der Waals surface area contributed by atoms with Crippen LogP contribution in [0.3, 0.4) is 0 Å². The molecule has 0 unspecified atom stereocenters. The maximum Gasteiger partial charge on any atom is 0.514 e. The summed E-state index contributed by atoms with van der Waals surface area (Å²) in [6.45, 7) is 0.358. The summed E-state index contributed by atoms with van der Waals surface area (Å²) >= 11 is 1.38. The largest absolute Gasteiger partial charge is 0.514 e. The van der Waals surface area contributed by atoms with E-state index in [1.54, 1.807) is 35.3 Å². The van der Waals surface area contributed by atoms with Crippen LogP contribution in [0.1, 0.15) is 38.8 Å². The van der Waals surface area contributed by atoms with E-state index in [1.165, 1.54) is 33.6 Å². The first kappa shape index (κ1) is 28.9. The molecule has 45 heavy (non-hydrogen) atoms. The average molecular weight is 633 g/mol. The summed E-state index contributed by atoms with van der Waals surface area (Å²) < 4.78 is 47.8. The number of nitrogen functional groups attached to an aromatic ring is 1. The number of hydrogen-bond acceptors (Lipinski definition) is 9. The Balaban J connectivity index is 1.36. The zero-order valence-electron chi connectivity index (χ0n) is 23.7. The number of rotatable bonds is 4. The lowest BCUT2D eigenvalue weighted by molar-refractivity contribution is -0.0198. The number of hydrogen-bond donors (Lipinski definition) is 1. The standard InChI is InChI=1S/C32H26F2N4O6S/c33-23-10-9-20-22(27(23)34)17-45-25-4-2-1-3-21(25)28(20)38-26-16-42-14-13-36(26)31(40)29-30(24(39)11-12-37(29)38)44-32(41)43-15-18-5-7-19(35)8-6-18/h1-12,26,28H,13-17,35H2/t26-,28+/m1/s1. The van der Waals surface area contributed by atoms with E-state index in [0.29, 0.717) is 16.8 Å². The number of benzene rings is 3. The second kappa shape index (κ2) is 11.6. The van der Waals surface area contributed by atoms with Crippen molar-refractivity contribution >= 4 is 29.5 Å². The molecule has 4 heterocycles. The highest BCUT2D eigenvalue weighted by Gasteiger charge is 2.46. The first-order valence-electron chi connectivity index (χ1n) is 14.1. The number of aromatic nitrogens is 1. The molecular formula is C32H26F2N4O6S. The minimum Gasteiger partial charge on any atom is -0.429 e. The van der Waals surface area contributed by atoms with Gasteiger partial charge in [-0.1, -0.05) is 36.4 Å². The summed E-state index contributed by atoms with van der Waals surface area (Å²) in [6.07, 6.45) is -0.469. The second-order valence-electron chi connectivity index (χ2n) is 10.7. The van der Waals surface area contributed by atoms with Crippen LogP contribution < -0.4 is 20.9 Å². The molecule has 2 N–H and O–H groups in total. The molecule has 1 fully saturated rings. The molecule has 4 aromatic rings. The molecule has 3 aliphatic heterocycles. The van der Waals surface area contributed by atoms with Gasteiger partial charge in [-0.2, -0.15) is 0 Å². The van der Waals surface area contributed by atoms with Crippen LogP contribution in [0.2, 0.25) is 0 Å². The van der Waals surface area contributed by atoms with E-state index >= 15 is 4.39 Å². The maximum atomic E-state index is 15.4. The van der Waals surface area contributed by atoms with Gasteiger partial charge in [0.2, 0.25) is 11.2 Å². The van der Waals surface area contributed by atoms with Crippen molar-refractivity contribution in [3.63, 3.8) is 0 Å². The van der Waals surface area contributed by atoms with Gasteiger partial charge in [-0.25, -0.2) is 13.6 Å². The lowest BCUT2D eigenvalue weighted by Gasteiger charge is -2.51. The van der Waals surface area contributed by atoms with Crippen molar-refractivity contribution in [2.24, 2.45) is 0 Å². The first-order valence-corrected chi connectivity index (χ1v) is 15.1. The highest BCUT2D eigenvalue weighted by atomic mass is 32.2. The maximum absolute atomic E-state index is 15.4. The molecule has 10 nitrogen and oxygen atoms in total. The van der Waals surface area contributed by atoms with Gasteiger partial charge in [0.05, 0.1) is 19.3 Å². The molecule has 3 aromatic carbocycles. The number of anilines is 1. The zero-order valence-corrected chi connectivity index (χ0v) is 24.5. The Labute approximate surface area is 259 Å². The molecule has 0 spiro atoms. The molecule has 0 saturated carbocycles. The number of pyridine rings is 1. The molecule has 2 atom stereocenters. The number of carbonyl (C=O) groups is 2. The van der Waals surface area contributed by atoms with E-state index < -0.39 is 47.1 Å². The average Bonchev–Trinajstić information content (AvgIpc) is 3.21. The zero-order chi connectivity index (χ0) is 31.2. The van der Waals surface area contributed by atoms with Crippen molar-refractivity contribution in [2.45, 2.75) is 29.5 Å². The minimum atomic E-state index is -1.18. The Kier molecular flexibility index (Phi) is 7.42. The summed E-state index contributed by atoms with van der Waals surface area (Å²) in [5.74, 6) is -2.81. The number of ether oxygens (including phenoxy) is 3. The number of amides is 1.